The van der Waals surface area contributed by atoms with Crippen molar-refractivity contribution in [3.05, 3.63) is 28.8 Å². The summed E-state index contributed by atoms with van der Waals surface area (Å²) >= 11 is 5.80. The van der Waals surface area contributed by atoms with E-state index in [0.717, 1.165) is 25.7 Å². The van der Waals surface area contributed by atoms with Gasteiger partial charge in [0.25, 0.3) is 5.91 Å². The summed E-state index contributed by atoms with van der Waals surface area (Å²) in [4.78, 5) is 12.0. The van der Waals surface area contributed by atoms with Crippen molar-refractivity contribution in [1.29, 1.82) is 0 Å². The number of carbonyl (C=O) groups is 1. The minimum Gasteiger partial charge on any atom is -0.398 e. The van der Waals surface area contributed by atoms with E-state index in [-0.39, 0.29) is 11.9 Å². The molecular formula is C13H17ClN2O2. The van der Waals surface area contributed by atoms with Crippen molar-refractivity contribution in [2.24, 2.45) is 0 Å². The molecule has 5 heteroatoms. The molecule has 1 saturated carbocycles. The number of nitrogen functional groups attached to an aromatic ring is 1. The van der Waals surface area contributed by atoms with Crippen LogP contribution in [0.25, 0.3) is 0 Å². The summed E-state index contributed by atoms with van der Waals surface area (Å²) in [5, 5.41) is 13.1. The minimum atomic E-state index is -0.452. The monoisotopic (exact) mass is 268 g/mol. The Morgan fingerprint density at radius 3 is 2.78 bits per heavy atom. The second-order valence-corrected chi connectivity index (χ2v) is 5.08. The highest BCUT2D eigenvalue weighted by atomic mass is 35.5. The van der Waals surface area contributed by atoms with E-state index in [9.17, 15) is 9.90 Å². The maximum Gasteiger partial charge on any atom is 0.251 e. The van der Waals surface area contributed by atoms with Crippen molar-refractivity contribution in [3.8, 4) is 0 Å². The number of hydrogen-bond donors (Lipinski definition) is 3. The van der Waals surface area contributed by atoms with Crippen LogP contribution in [0.1, 0.15) is 36.0 Å². The molecule has 0 radical (unpaired) electrons. The number of hydrogen-bond acceptors (Lipinski definition) is 3. The van der Waals surface area contributed by atoms with Crippen molar-refractivity contribution >= 4 is 23.2 Å². The number of halogens is 1. The van der Waals surface area contributed by atoms with Crippen LogP contribution in [0.2, 0.25) is 5.02 Å². The van der Waals surface area contributed by atoms with Crippen molar-refractivity contribution < 1.29 is 9.90 Å². The summed E-state index contributed by atoms with van der Waals surface area (Å²) in [6, 6.07) is 4.61. The van der Waals surface area contributed by atoms with Crippen LogP contribution in [0.5, 0.6) is 0 Å². The molecule has 0 spiro atoms. The summed E-state index contributed by atoms with van der Waals surface area (Å²) in [6.07, 6.45) is 3.16. The molecule has 2 atom stereocenters. The van der Waals surface area contributed by atoms with E-state index in [0.29, 0.717) is 16.3 Å². The second-order valence-electron chi connectivity index (χ2n) is 4.67. The Morgan fingerprint density at radius 1 is 1.39 bits per heavy atom. The fourth-order valence-electron chi connectivity index (χ4n) is 2.22. The molecule has 1 aromatic rings. The molecule has 0 bridgehead atoms. The first kappa shape index (κ1) is 13.2. The van der Waals surface area contributed by atoms with Crippen LogP contribution < -0.4 is 11.1 Å². The van der Waals surface area contributed by atoms with Crippen LogP contribution in [-0.2, 0) is 0 Å². The molecule has 98 valence electrons. The molecule has 1 fully saturated rings. The van der Waals surface area contributed by atoms with E-state index < -0.39 is 6.10 Å². The molecule has 2 rings (SSSR count). The van der Waals surface area contributed by atoms with Crippen LogP contribution in [0.15, 0.2) is 18.2 Å². The molecule has 1 aromatic carbocycles. The normalized spacial score (nSPS) is 23.7. The zero-order chi connectivity index (χ0) is 13.1. The molecule has 18 heavy (non-hydrogen) atoms. The third kappa shape index (κ3) is 2.94. The summed E-state index contributed by atoms with van der Waals surface area (Å²) in [5.74, 6) is -0.218. The molecule has 0 unspecified atom stereocenters. The van der Waals surface area contributed by atoms with Crippen LogP contribution >= 0.6 is 11.6 Å². The molecule has 0 saturated heterocycles. The molecule has 1 aliphatic carbocycles. The van der Waals surface area contributed by atoms with Crippen LogP contribution in [0.3, 0.4) is 0 Å². The van der Waals surface area contributed by atoms with Gasteiger partial charge in [-0.05, 0) is 31.0 Å². The Balaban J connectivity index is 2.04. The van der Waals surface area contributed by atoms with Crippen LogP contribution in [0, 0.1) is 0 Å². The second kappa shape index (κ2) is 5.59. The van der Waals surface area contributed by atoms with Gasteiger partial charge in [0.2, 0.25) is 0 Å². The Labute approximate surface area is 111 Å². The number of nitrogens with two attached hydrogens (primary N) is 1. The van der Waals surface area contributed by atoms with Crippen molar-refractivity contribution in [1.82, 2.24) is 5.32 Å². The Bertz CT molecular complexity index is 451. The van der Waals surface area contributed by atoms with E-state index >= 15 is 0 Å². The number of benzene rings is 1. The van der Waals surface area contributed by atoms with E-state index in [1.54, 1.807) is 18.2 Å². The SMILES string of the molecule is Nc1cc(C(=O)N[C@@H]2CCCC[C@H]2O)ccc1Cl. The Morgan fingerprint density at radius 2 is 2.11 bits per heavy atom. The highest BCUT2D eigenvalue weighted by molar-refractivity contribution is 6.33. The highest BCUT2D eigenvalue weighted by Gasteiger charge is 2.24. The molecule has 1 amide bonds. The fraction of sp³-hybridized carbons (Fsp3) is 0.462. The smallest absolute Gasteiger partial charge is 0.251 e. The highest BCUT2D eigenvalue weighted by Crippen LogP contribution is 2.21. The van der Waals surface area contributed by atoms with E-state index in [1.807, 2.05) is 0 Å². The third-order valence-corrected chi connectivity index (χ3v) is 3.65. The molecule has 4 N–H and O–H groups in total. The first-order valence-electron chi connectivity index (χ1n) is 6.12. The summed E-state index contributed by atoms with van der Waals surface area (Å²) in [7, 11) is 0. The fourth-order valence-corrected chi connectivity index (χ4v) is 2.33. The number of aliphatic hydroxyl groups excluding tert-OH is 1. The van der Waals surface area contributed by atoms with Gasteiger partial charge < -0.3 is 16.2 Å². The lowest BCUT2D eigenvalue weighted by atomic mass is 9.92. The van der Waals surface area contributed by atoms with Crippen molar-refractivity contribution in [2.75, 3.05) is 5.73 Å². The third-order valence-electron chi connectivity index (χ3n) is 3.30. The lowest BCUT2D eigenvalue weighted by Gasteiger charge is -2.28. The van der Waals surface area contributed by atoms with Gasteiger partial charge in [-0.1, -0.05) is 24.4 Å². The van der Waals surface area contributed by atoms with Gasteiger partial charge in [-0.3, -0.25) is 4.79 Å². The summed E-state index contributed by atoms with van der Waals surface area (Å²) in [6.45, 7) is 0. The number of carbonyl (C=O) groups excluding carboxylic acids is 1. The van der Waals surface area contributed by atoms with Gasteiger partial charge in [0.1, 0.15) is 0 Å². The predicted octanol–water partition coefficient (Wildman–Crippen LogP) is 1.96. The summed E-state index contributed by atoms with van der Waals surface area (Å²) in [5.41, 5.74) is 6.51. The van der Waals surface area contributed by atoms with Crippen LogP contribution in [-0.4, -0.2) is 23.2 Å². The molecular weight excluding hydrogens is 252 g/mol. The van der Waals surface area contributed by atoms with E-state index in [2.05, 4.69) is 5.32 Å². The first-order chi connectivity index (χ1) is 8.58. The quantitative estimate of drug-likeness (QED) is 0.718. The van der Waals surface area contributed by atoms with Gasteiger partial charge in [-0.15, -0.1) is 0 Å². The molecule has 0 aliphatic heterocycles. The van der Waals surface area contributed by atoms with E-state index in [1.165, 1.54) is 0 Å². The van der Waals surface area contributed by atoms with Gasteiger partial charge in [0, 0.05) is 5.56 Å². The maximum absolute atomic E-state index is 12.0. The zero-order valence-corrected chi connectivity index (χ0v) is 10.8. The minimum absolute atomic E-state index is 0.164. The maximum atomic E-state index is 12.0. The number of nitrogens with one attached hydrogen (secondary N) is 1. The van der Waals surface area contributed by atoms with Gasteiger partial charge in [0.15, 0.2) is 0 Å². The number of amides is 1. The lowest BCUT2D eigenvalue weighted by Crippen LogP contribution is -2.45. The van der Waals surface area contributed by atoms with Crippen molar-refractivity contribution in [2.45, 2.75) is 37.8 Å². The van der Waals surface area contributed by atoms with Gasteiger partial charge in [-0.2, -0.15) is 0 Å². The number of rotatable bonds is 2. The lowest BCUT2D eigenvalue weighted by molar-refractivity contribution is 0.0717. The molecule has 0 aromatic heterocycles. The average molecular weight is 269 g/mol. The zero-order valence-electron chi connectivity index (χ0n) is 10.0. The largest absolute Gasteiger partial charge is 0.398 e. The summed E-state index contributed by atoms with van der Waals surface area (Å²) < 4.78 is 0. The number of aliphatic hydroxyl groups is 1. The number of anilines is 1. The Kier molecular flexibility index (Phi) is 4.09. The Hall–Kier alpha value is -1.26. The van der Waals surface area contributed by atoms with Gasteiger partial charge >= 0.3 is 0 Å². The standard InChI is InChI=1S/C13H17ClN2O2/c14-9-6-5-8(7-10(9)15)13(18)16-11-3-1-2-4-12(11)17/h5-7,11-12,17H,1-4,15H2,(H,16,18)/t11-,12-/m1/s1. The van der Waals surface area contributed by atoms with Crippen LogP contribution in [0.4, 0.5) is 5.69 Å². The van der Waals surface area contributed by atoms with Crippen molar-refractivity contribution in [3.63, 3.8) is 0 Å². The molecule has 0 heterocycles. The van der Waals surface area contributed by atoms with Gasteiger partial charge in [0.05, 0.1) is 22.9 Å². The average Bonchev–Trinajstić information content (AvgIpc) is 2.35. The molecule has 4 nitrogen and oxygen atoms in total. The predicted molar refractivity (Wildman–Crippen MR) is 71.6 cm³/mol. The molecule has 1 aliphatic rings. The van der Waals surface area contributed by atoms with E-state index in [4.69, 9.17) is 17.3 Å². The van der Waals surface area contributed by atoms with Gasteiger partial charge in [-0.25, -0.2) is 0 Å². The topological polar surface area (TPSA) is 75.4 Å². The first-order valence-corrected chi connectivity index (χ1v) is 6.49.